The minimum atomic E-state index is -3.69. The first-order valence-corrected chi connectivity index (χ1v) is 11.0. The molecule has 0 fully saturated rings. The van der Waals surface area contributed by atoms with Crippen molar-refractivity contribution in [1.29, 1.82) is 0 Å². The summed E-state index contributed by atoms with van der Waals surface area (Å²) in [5.74, 6) is 1.82. The van der Waals surface area contributed by atoms with Crippen LogP contribution in [0, 0.1) is 20.8 Å². The van der Waals surface area contributed by atoms with Gasteiger partial charge in [-0.3, -0.25) is 0 Å². The number of hydrogen-bond acceptors (Lipinski definition) is 6. The molecule has 8 heteroatoms. The Morgan fingerprint density at radius 1 is 1.00 bits per heavy atom. The van der Waals surface area contributed by atoms with Gasteiger partial charge in [0.15, 0.2) is 17.3 Å². The van der Waals surface area contributed by atoms with E-state index in [1.54, 1.807) is 39.3 Å². The monoisotopic (exact) mass is 430 g/mol. The molecule has 0 unspecified atom stereocenters. The van der Waals surface area contributed by atoms with Gasteiger partial charge in [-0.2, -0.15) is 0 Å². The summed E-state index contributed by atoms with van der Waals surface area (Å²) >= 11 is 0. The van der Waals surface area contributed by atoms with Crippen molar-refractivity contribution in [3.8, 4) is 22.8 Å². The summed E-state index contributed by atoms with van der Waals surface area (Å²) in [5, 5.41) is 3.96. The van der Waals surface area contributed by atoms with E-state index in [0.717, 1.165) is 16.8 Å². The molecule has 7 nitrogen and oxygen atoms in total. The zero-order valence-electron chi connectivity index (χ0n) is 17.8. The van der Waals surface area contributed by atoms with E-state index in [2.05, 4.69) is 9.88 Å². The number of aryl methyl sites for hydroxylation is 2. The highest BCUT2D eigenvalue weighted by Gasteiger charge is 2.20. The number of ether oxygens (including phenoxy) is 2. The molecular formula is C22H26N2O5S. The molecule has 0 aliphatic rings. The lowest BCUT2D eigenvalue weighted by Gasteiger charge is -2.12. The molecule has 0 saturated carbocycles. The standard InChI is InChI=1S/C22H26N2O5S/c1-14-6-8-18(22-15(2)16(3)24-29-22)13-21(14)30(25,26)23-11-10-17-7-9-19(27-4)20(12-17)28-5/h6-9,12-13,23H,10-11H2,1-5H3. The lowest BCUT2D eigenvalue weighted by Crippen LogP contribution is -2.26. The smallest absolute Gasteiger partial charge is 0.240 e. The molecule has 0 atom stereocenters. The van der Waals surface area contributed by atoms with Gasteiger partial charge in [-0.25, -0.2) is 13.1 Å². The molecule has 160 valence electrons. The highest BCUT2D eigenvalue weighted by molar-refractivity contribution is 7.89. The Balaban J connectivity index is 1.77. The Bertz CT molecular complexity index is 1150. The molecule has 0 saturated heterocycles. The minimum Gasteiger partial charge on any atom is -0.493 e. The molecule has 0 bridgehead atoms. The number of hydrogen-bond donors (Lipinski definition) is 1. The lowest BCUT2D eigenvalue weighted by atomic mass is 10.1. The number of nitrogens with zero attached hydrogens (tertiary/aromatic N) is 1. The van der Waals surface area contributed by atoms with Crippen molar-refractivity contribution >= 4 is 10.0 Å². The fourth-order valence-electron chi connectivity index (χ4n) is 3.16. The second-order valence-electron chi connectivity index (χ2n) is 7.04. The molecule has 0 amide bonds. The number of rotatable bonds is 8. The molecule has 30 heavy (non-hydrogen) atoms. The van der Waals surface area contributed by atoms with Gasteiger partial charge < -0.3 is 14.0 Å². The zero-order valence-corrected chi connectivity index (χ0v) is 18.6. The molecule has 1 aromatic heterocycles. The van der Waals surface area contributed by atoms with Gasteiger partial charge in [0.25, 0.3) is 0 Å². The fourth-order valence-corrected chi connectivity index (χ4v) is 4.46. The van der Waals surface area contributed by atoms with Crippen LogP contribution in [0.1, 0.15) is 22.4 Å². The van der Waals surface area contributed by atoms with Crippen molar-refractivity contribution < 1.29 is 22.4 Å². The molecule has 2 aromatic carbocycles. The van der Waals surface area contributed by atoms with Crippen LogP contribution in [0.15, 0.2) is 45.8 Å². The van der Waals surface area contributed by atoms with Gasteiger partial charge >= 0.3 is 0 Å². The first-order chi connectivity index (χ1) is 14.3. The third kappa shape index (κ3) is 4.49. The quantitative estimate of drug-likeness (QED) is 0.584. The van der Waals surface area contributed by atoms with Crippen LogP contribution in [0.4, 0.5) is 0 Å². The number of benzene rings is 2. The Morgan fingerprint density at radius 3 is 2.37 bits per heavy atom. The van der Waals surface area contributed by atoms with E-state index in [1.165, 1.54) is 0 Å². The van der Waals surface area contributed by atoms with E-state index in [-0.39, 0.29) is 11.4 Å². The summed E-state index contributed by atoms with van der Waals surface area (Å²) in [5.41, 5.74) is 3.95. The Kier molecular flexibility index (Phi) is 6.48. The third-order valence-corrected chi connectivity index (χ3v) is 6.65. The predicted molar refractivity (Wildman–Crippen MR) is 115 cm³/mol. The van der Waals surface area contributed by atoms with Crippen LogP contribution in [0.25, 0.3) is 11.3 Å². The van der Waals surface area contributed by atoms with Gasteiger partial charge in [-0.15, -0.1) is 0 Å². The molecule has 0 spiro atoms. The highest BCUT2D eigenvalue weighted by Crippen LogP contribution is 2.29. The zero-order chi connectivity index (χ0) is 21.9. The SMILES string of the molecule is COc1ccc(CCNS(=O)(=O)c2cc(-c3onc(C)c3C)ccc2C)cc1OC. The van der Waals surface area contributed by atoms with Crippen LogP contribution >= 0.6 is 0 Å². The summed E-state index contributed by atoms with van der Waals surface area (Å²) in [6, 6.07) is 10.8. The molecule has 1 heterocycles. The van der Waals surface area contributed by atoms with E-state index in [4.69, 9.17) is 14.0 Å². The van der Waals surface area contributed by atoms with Gasteiger partial charge in [-0.05, 0) is 56.5 Å². The van der Waals surface area contributed by atoms with Crippen LogP contribution in [-0.2, 0) is 16.4 Å². The average Bonchev–Trinajstić information content (AvgIpc) is 3.06. The van der Waals surface area contributed by atoms with Crippen molar-refractivity contribution in [3.05, 3.63) is 58.8 Å². The maximum absolute atomic E-state index is 12.9. The largest absolute Gasteiger partial charge is 0.493 e. The molecule has 0 aliphatic carbocycles. The van der Waals surface area contributed by atoms with Gasteiger partial charge in [-0.1, -0.05) is 23.4 Å². The van der Waals surface area contributed by atoms with E-state index in [9.17, 15) is 8.42 Å². The molecule has 1 N–H and O–H groups in total. The first-order valence-electron chi connectivity index (χ1n) is 9.51. The number of aromatic nitrogens is 1. The topological polar surface area (TPSA) is 90.7 Å². The second-order valence-corrected chi connectivity index (χ2v) is 8.77. The van der Waals surface area contributed by atoms with E-state index in [0.29, 0.717) is 34.8 Å². The molecule has 0 radical (unpaired) electrons. The normalized spacial score (nSPS) is 11.5. The predicted octanol–water partition coefficient (Wildman–Crippen LogP) is 3.81. The second kappa shape index (κ2) is 8.89. The maximum atomic E-state index is 12.9. The van der Waals surface area contributed by atoms with Gasteiger partial charge in [0.2, 0.25) is 10.0 Å². The van der Waals surface area contributed by atoms with Crippen LogP contribution in [0.2, 0.25) is 0 Å². The average molecular weight is 431 g/mol. The van der Waals surface area contributed by atoms with Crippen LogP contribution in [0.3, 0.4) is 0 Å². The van der Waals surface area contributed by atoms with Crippen molar-refractivity contribution in [2.75, 3.05) is 20.8 Å². The number of nitrogens with one attached hydrogen (secondary N) is 1. The van der Waals surface area contributed by atoms with E-state index in [1.807, 2.05) is 32.0 Å². The van der Waals surface area contributed by atoms with Crippen molar-refractivity contribution in [2.45, 2.75) is 32.1 Å². The van der Waals surface area contributed by atoms with Crippen molar-refractivity contribution in [1.82, 2.24) is 9.88 Å². The highest BCUT2D eigenvalue weighted by atomic mass is 32.2. The van der Waals surface area contributed by atoms with E-state index < -0.39 is 10.0 Å². The maximum Gasteiger partial charge on any atom is 0.240 e. The summed E-state index contributed by atoms with van der Waals surface area (Å²) in [6.45, 7) is 5.77. The molecular weight excluding hydrogens is 404 g/mol. The number of sulfonamides is 1. The van der Waals surface area contributed by atoms with Crippen LogP contribution < -0.4 is 14.2 Å². The van der Waals surface area contributed by atoms with E-state index >= 15 is 0 Å². The minimum absolute atomic E-state index is 0.223. The Labute approximate surface area is 177 Å². The summed E-state index contributed by atoms with van der Waals surface area (Å²) in [7, 11) is -0.554. The van der Waals surface area contributed by atoms with Gasteiger partial charge in [0.05, 0.1) is 24.8 Å². The fraction of sp³-hybridized carbons (Fsp3) is 0.318. The summed E-state index contributed by atoms with van der Waals surface area (Å²) in [6.07, 6.45) is 0.513. The van der Waals surface area contributed by atoms with Gasteiger partial charge in [0.1, 0.15) is 0 Å². The van der Waals surface area contributed by atoms with Crippen molar-refractivity contribution in [3.63, 3.8) is 0 Å². The molecule has 0 aliphatic heterocycles. The Hall–Kier alpha value is -2.84. The third-order valence-electron chi connectivity index (χ3n) is 5.05. The molecule has 3 aromatic rings. The van der Waals surface area contributed by atoms with Crippen LogP contribution in [0.5, 0.6) is 11.5 Å². The van der Waals surface area contributed by atoms with Gasteiger partial charge in [0, 0.05) is 17.7 Å². The number of methoxy groups -OCH3 is 2. The van der Waals surface area contributed by atoms with Crippen molar-refractivity contribution in [2.24, 2.45) is 0 Å². The lowest BCUT2D eigenvalue weighted by molar-refractivity contribution is 0.354. The van der Waals surface area contributed by atoms with Crippen LogP contribution in [-0.4, -0.2) is 34.3 Å². The summed E-state index contributed by atoms with van der Waals surface area (Å²) in [4.78, 5) is 0.223. The Morgan fingerprint density at radius 2 is 1.73 bits per heavy atom. The first kappa shape index (κ1) is 21.9. The molecule has 3 rings (SSSR count). The summed E-state index contributed by atoms with van der Waals surface area (Å²) < 4.78 is 44.5.